The molecular weight excluding hydrogens is 870 g/mol. The van der Waals surface area contributed by atoms with Crippen LogP contribution in [-0.2, 0) is 10.8 Å². The summed E-state index contributed by atoms with van der Waals surface area (Å²) >= 11 is 0. The second-order valence-corrected chi connectivity index (χ2v) is 23.2. The summed E-state index contributed by atoms with van der Waals surface area (Å²) in [5, 5.41) is 15.7. The van der Waals surface area contributed by atoms with Gasteiger partial charge in [0.05, 0.1) is 33.3 Å². The highest BCUT2D eigenvalue weighted by Gasteiger charge is 2.43. The van der Waals surface area contributed by atoms with Crippen molar-refractivity contribution in [2.45, 2.75) is 52.4 Å². The lowest BCUT2D eigenvalue weighted by Crippen LogP contribution is -2.59. The molecule has 0 amide bonds. The van der Waals surface area contributed by atoms with Gasteiger partial charge in [0.25, 0.3) is 6.71 Å². The van der Waals surface area contributed by atoms with Crippen molar-refractivity contribution in [2.75, 3.05) is 0 Å². The molecule has 3 aliphatic rings. The molecule has 0 fully saturated rings. The fraction of sp³-hybridized carbons (Fsp3) is 0.118. The van der Waals surface area contributed by atoms with Crippen LogP contribution >= 0.6 is 0 Å². The molecule has 72 heavy (non-hydrogen) atoms. The average Bonchev–Trinajstić information content (AvgIpc) is 4.02. The van der Waals surface area contributed by atoms with Gasteiger partial charge in [0.2, 0.25) is 0 Å². The van der Waals surface area contributed by atoms with Gasteiger partial charge in [0.15, 0.2) is 0 Å². The smallest absolute Gasteiger partial charge is 0.252 e. The summed E-state index contributed by atoms with van der Waals surface area (Å²) in [5.74, 6) is 0. The molecule has 3 aromatic heterocycles. The van der Waals surface area contributed by atoms with Gasteiger partial charge in [-0.25, -0.2) is 0 Å². The Morgan fingerprint density at radius 1 is 0.333 bits per heavy atom. The van der Waals surface area contributed by atoms with Crippen LogP contribution in [0.25, 0.3) is 137 Å². The van der Waals surface area contributed by atoms with Gasteiger partial charge in [-0.05, 0) is 141 Å². The van der Waals surface area contributed by atoms with Gasteiger partial charge in [-0.3, -0.25) is 0 Å². The SMILES string of the molecule is CC(C)(C)c1ccc2c(c1)c1cc(C(C)(C)C)cc3c1n2-c1cc(-n2c4ccc5ccccc5c4c4c5ccccc5ccc42)cc2c1B3c1cc3cccc4c3c3c5c(cccc5n-2c13)-c1ccccc1-4. The van der Waals surface area contributed by atoms with E-state index < -0.39 is 0 Å². The Bertz CT molecular complexity index is 4790. The van der Waals surface area contributed by atoms with Gasteiger partial charge < -0.3 is 13.7 Å². The van der Waals surface area contributed by atoms with E-state index in [0.29, 0.717) is 0 Å². The van der Waals surface area contributed by atoms with Crippen LogP contribution in [-0.4, -0.2) is 20.4 Å². The summed E-state index contributed by atoms with van der Waals surface area (Å²) in [7, 11) is 0. The lowest BCUT2D eigenvalue weighted by Gasteiger charge is -2.35. The summed E-state index contributed by atoms with van der Waals surface area (Å²) in [6, 6.07) is 70.7. The first kappa shape index (κ1) is 39.4. The van der Waals surface area contributed by atoms with Crippen LogP contribution in [0.4, 0.5) is 0 Å². The lowest BCUT2D eigenvalue weighted by atomic mass is 9.34. The van der Waals surface area contributed by atoms with Crippen molar-refractivity contribution in [3.05, 3.63) is 193 Å². The van der Waals surface area contributed by atoms with Crippen molar-refractivity contribution in [1.82, 2.24) is 13.7 Å². The Hall–Kier alpha value is -8.34. The molecule has 0 saturated heterocycles. The Morgan fingerprint density at radius 3 is 1.53 bits per heavy atom. The number of hydrogen-bond acceptors (Lipinski definition) is 0. The minimum Gasteiger partial charge on any atom is -0.310 e. The quantitative estimate of drug-likeness (QED) is 0.146. The zero-order chi connectivity index (χ0) is 47.8. The van der Waals surface area contributed by atoms with E-state index in [1.54, 1.807) is 0 Å². The van der Waals surface area contributed by atoms with Crippen molar-refractivity contribution < 1.29 is 0 Å². The third-order valence-corrected chi connectivity index (χ3v) is 17.4. The molecule has 5 heterocycles. The third-order valence-electron chi connectivity index (χ3n) is 17.4. The summed E-state index contributed by atoms with van der Waals surface area (Å²) < 4.78 is 7.97. The van der Waals surface area contributed by atoms with E-state index in [2.05, 4.69) is 237 Å². The van der Waals surface area contributed by atoms with Crippen molar-refractivity contribution in [3.63, 3.8) is 0 Å². The highest BCUT2D eigenvalue weighted by Crippen LogP contribution is 2.51. The Kier molecular flexibility index (Phi) is 7.08. The maximum absolute atomic E-state index is 2.70. The van der Waals surface area contributed by atoms with E-state index in [4.69, 9.17) is 0 Å². The molecule has 0 radical (unpaired) electrons. The van der Waals surface area contributed by atoms with Crippen molar-refractivity contribution in [1.29, 1.82) is 0 Å². The largest absolute Gasteiger partial charge is 0.310 e. The summed E-state index contributed by atoms with van der Waals surface area (Å²) in [4.78, 5) is 0. The molecular formula is C68H48BN3. The predicted molar refractivity (Wildman–Crippen MR) is 308 cm³/mol. The topological polar surface area (TPSA) is 14.8 Å². The molecule has 0 atom stereocenters. The Balaban J connectivity index is 1.12. The second-order valence-electron chi connectivity index (χ2n) is 23.2. The van der Waals surface area contributed by atoms with Gasteiger partial charge >= 0.3 is 0 Å². The zero-order valence-corrected chi connectivity index (χ0v) is 41.2. The fourth-order valence-corrected chi connectivity index (χ4v) is 14.2. The molecule has 11 aromatic carbocycles. The molecule has 17 rings (SSSR count). The standard InChI is InChI=1S/C68H48BN3/c1-67(2,3)40-27-30-53-49(32-40)50-33-41(68(4,5)6)34-52-65(50)71(53)57-35-42(70-55-28-25-37-15-7-9-18-43(37)60(55)61-44-19-10-8-16-38(44)26-29-56(61)70)36-58-64(57)69(52)51-31-39-17-13-22-47-45-20-11-12-21-46(45)48-23-14-24-54-62(48)63(59(39)47)66(51)72(54)58/h7-36H,1-6H3. The number of nitrogens with zero attached hydrogens (tertiary/aromatic N) is 3. The minimum atomic E-state index is -0.0742. The summed E-state index contributed by atoms with van der Waals surface area (Å²) in [5.41, 5.74) is 23.3. The molecule has 0 unspecified atom stereocenters. The highest BCUT2D eigenvalue weighted by molar-refractivity contribution is 7.00. The monoisotopic (exact) mass is 917 g/mol. The van der Waals surface area contributed by atoms with Gasteiger partial charge in [0.1, 0.15) is 0 Å². The molecule has 0 saturated carbocycles. The van der Waals surface area contributed by atoms with Crippen LogP contribution in [0.15, 0.2) is 182 Å². The first-order chi connectivity index (χ1) is 35.0. The Morgan fingerprint density at radius 2 is 0.861 bits per heavy atom. The van der Waals surface area contributed by atoms with Crippen molar-refractivity contribution in [3.8, 4) is 39.3 Å². The molecule has 0 spiro atoms. The molecule has 1 aliphatic carbocycles. The van der Waals surface area contributed by atoms with Gasteiger partial charge in [-0.15, -0.1) is 0 Å². The van der Waals surface area contributed by atoms with E-state index in [-0.39, 0.29) is 17.5 Å². The van der Waals surface area contributed by atoms with E-state index in [1.165, 1.54) is 159 Å². The highest BCUT2D eigenvalue weighted by atomic mass is 15.1. The molecule has 0 bridgehead atoms. The van der Waals surface area contributed by atoms with Crippen LogP contribution in [0, 0.1) is 0 Å². The maximum Gasteiger partial charge on any atom is 0.252 e. The molecule has 14 aromatic rings. The minimum absolute atomic E-state index is 0.00973. The van der Waals surface area contributed by atoms with Crippen LogP contribution in [0.5, 0.6) is 0 Å². The number of benzene rings is 11. The summed E-state index contributed by atoms with van der Waals surface area (Å²) in [6.07, 6.45) is 0. The number of rotatable bonds is 1. The summed E-state index contributed by atoms with van der Waals surface area (Å²) in [6.45, 7) is 14.2. The third kappa shape index (κ3) is 4.70. The van der Waals surface area contributed by atoms with E-state index in [9.17, 15) is 0 Å². The fourth-order valence-electron chi connectivity index (χ4n) is 14.2. The second kappa shape index (κ2) is 12.9. The van der Waals surface area contributed by atoms with E-state index >= 15 is 0 Å². The maximum atomic E-state index is 2.70. The average molecular weight is 918 g/mol. The molecule has 4 heteroatoms. The van der Waals surface area contributed by atoms with Crippen LogP contribution in [0.2, 0.25) is 0 Å². The number of hydrogen-bond donors (Lipinski definition) is 0. The van der Waals surface area contributed by atoms with Gasteiger partial charge in [-0.2, -0.15) is 0 Å². The lowest BCUT2D eigenvalue weighted by molar-refractivity contribution is 0.590. The van der Waals surface area contributed by atoms with Crippen LogP contribution in [0.1, 0.15) is 52.7 Å². The van der Waals surface area contributed by atoms with Crippen molar-refractivity contribution in [2.24, 2.45) is 0 Å². The van der Waals surface area contributed by atoms with Gasteiger partial charge in [0, 0.05) is 49.2 Å². The van der Waals surface area contributed by atoms with Crippen LogP contribution in [0.3, 0.4) is 0 Å². The number of fused-ring (bicyclic) bond motifs is 18. The normalized spacial score (nSPS) is 13.7. The zero-order valence-electron chi connectivity index (χ0n) is 41.2. The van der Waals surface area contributed by atoms with Crippen LogP contribution < -0.4 is 16.4 Å². The van der Waals surface area contributed by atoms with E-state index in [0.717, 1.165) is 5.69 Å². The molecule has 2 aliphatic heterocycles. The van der Waals surface area contributed by atoms with E-state index in [1.807, 2.05) is 0 Å². The molecule has 3 nitrogen and oxygen atoms in total. The Labute approximate surface area is 417 Å². The molecule has 0 N–H and O–H groups in total. The van der Waals surface area contributed by atoms with Gasteiger partial charge in [-0.1, -0.05) is 175 Å². The first-order valence-electron chi connectivity index (χ1n) is 25.8. The number of aromatic nitrogens is 3. The predicted octanol–water partition coefficient (Wildman–Crippen LogP) is 15.8. The first-order valence-corrected chi connectivity index (χ1v) is 25.8. The van der Waals surface area contributed by atoms with Crippen molar-refractivity contribution >= 4 is 121 Å². The molecule has 338 valence electrons.